The number of methoxy groups -OCH3 is 1. The molecular formula is C37H46N4O5Si. The van der Waals surface area contributed by atoms with E-state index in [1.165, 1.54) is 5.56 Å². The number of benzene rings is 2. The fraction of sp³-hybridized carbons (Fsp3) is 0.432. The van der Waals surface area contributed by atoms with E-state index >= 15 is 0 Å². The average molecular weight is 655 g/mol. The van der Waals surface area contributed by atoms with E-state index in [0.717, 1.165) is 55.6 Å². The van der Waals surface area contributed by atoms with E-state index in [2.05, 4.69) is 85.6 Å². The molecule has 2 aliphatic heterocycles. The van der Waals surface area contributed by atoms with Gasteiger partial charge in [-0.2, -0.15) is 0 Å². The van der Waals surface area contributed by atoms with Gasteiger partial charge in [0.1, 0.15) is 5.69 Å². The summed E-state index contributed by atoms with van der Waals surface area (Å²) in [6, 6.07) is 18.7. The minimum atomic E-state index is -1.73. The van der Waals surface area contributed by atoms with Gasteiger partial charge in [-0.25, -0.2) is 15.3 Å². The van der Waals surface area contributed by atoms with Gasteiger partial charge >= 0.3 is 0 Å². The van der Waals surface area contributed by atoms with E-state index in [1.54, 1.807) is 25.6 Å². The molecule has 9 nitrogen and oxygen atoms in total. The molecule has 2 aliphatic rings. The van der Waals surface area contributed by atoms with Crippen molar-refractivity contribution in [1.29, 1.82) is 0 Å². The van der Waals surface area contributed by atoms with Crippen LogP contribution in [-0.4, -0.2) is 68.3 Å². The number of carbonyl (C=O) groups is 1. The Morgan fingerprint density at radius 1 is 1.00 bits per heavy atom. The molecule has 4 aromatic rings. The molecule has 0 saturated carbocycles. The van der Waals surface area contributed by atoms with Gasteiger partial charge in [0, 0.05) is 56.0 Å². The number of amides is 1. The number of carbonyl (C=O) groups excluding carboxylic acids is 1. The topological polar surface area (TPSA) is 95.0 Å². The number of nitrogens with zero attached hydrogens (tertiary/aromatic N) is 3. The average Bonchev–Trinajstić information content (AvgIpc) is 3.05. The van der Waals surface area contributed by atoms with E-state index in [0.29, 0.717) is 40.6 Å². The van der Waals surface area contributed by atoms with Crippen molar-refractivity contribution in [1.82, 2.24) is 20.3 Å². The third-order valence-corrected chi connectivity index (χ3v) is 14.2. The molecule has 1 atom stereocenters. The Kier molecular flexibility index (Phi) is 9.77. The van der Waals surface area contributed by atoms with E-state index in [1.807, 2.05) is 12.1 Å². The summed E-state index contributed by atoms with van der Waals surface area (Å²) in [5.74, 6) is -0.0810. The Labute approximate surface area is 278 Å². The summed E-state index contributed by atoms with van der Waals surface area (Å²) in [5, 5.41) is 0.808. The van der Waals surface area contributed by atoms with Gasteiger partial charge in [0.25, 0.3) is 5.91 Å². The largest absolute Gasteiger partial charge is 0.494 e. The normalized spacial score (nSPS) is 17.8. The highest BCUT2D eigenvalue weighted by Gasteiger charge is 2.41. The summed E-state index contributed by atoms with van der Waals surface area (Å²) in [7, 11) is -0.189. The number of hydroxylamine groups is 1. The summed E-state index contributed by atoms with van der Waals surface area (Å²) in [6.07, 6.45) is 5.86. The van der Waals surface area contributed by atoms with E-state index in [9.17, 15) is 4.79 Å². The number of nitrogens with one attached hydrogen (secondary N) is 1. The van der Waals surface area contributed by atoms with Gasteiger partial charge in [0.15, 0.2) is 20.4 Å². The van der Waals surface area contributed by atoms with Crippen LogP contribution in [-0.2, 0) is 20.5 Å². The van der Waals surface area contributed by atoms with Crippen LogP contribution in [0.25, 0.3) is 33.3 Å². The molecule has 2 aromatic heterocycles. The fourth-order valence-electron chi connectivity index (χ4n) is 5.88. The first-order valence-corrected chi connectivity index (χ1v) is 19.4. The lowest BCUT2D eigenvalue weighted by atomic mass is 9.99. The van der Waals surface area contributed by atoms with E-state index < -0.39 is 20.5 Å². The van der Waals surface area contributed by atoms with Gasteiger partial charge in [-0.15, -0.1) is 0 Å². The lowest BCUT2D eigenvalue weighted by Gasteiger charge is -2.46. The Morgan fingerprint density at radius 3 is 2.32 bits per heavy atom. The monoisotopic (exact) mass is 654 g/mol. The molecule has 10 heteroatoms. The summed E-state index contributed by atoms with van der Waals surface area (Å²) >= 11 is 0. The number of rotatable bonds is 10. The fourth-order valence-corrected chi connectivity index (χ4v) is 7.22. The van der Waals surface area contributed by atoms with Crippen molar-refractivity contribution in [3.63, 3.8) is 0 Å². The third kappa shape index (κ3) is 7.42. The Morgan fingerprint density at radius 2 is 1.68 bits per heavy atom. The molecule has 0 spiro atoms. The number of pyridine rings is 2. The van der Waals surface area contributed by atoms with Gasteiger partial charge in [-0.3, -0.25) is 14.7 Å². The SMILES string of the molecule is COc1c(-c2ccc(-c3ccc(CN4CC(O[Si](C)(C)C(C)(C)C)C4)cc3)cc2)nc2ccncc2c1C(=O)NOC1CCCCO1. The predicted molar refractivity (Wildman–Crippen MR) is 186 cm³/mol. The van der Waals surface area contributed by atoms with Crippen LogP contribution < -0.4 is 10.2 Å². The maximum Gasteiger partial charge on any atom is 0.279 e. The van der Waals surface area contributed by atoms with Crippen LogP contribution in [0.3, 0.4) is 0 Å². The van der Waals surface area contributed by atoms with Crippen molar-refractivity contribution in [2.75, 3.05) is 26.8 Å². The Bertz CT molecular complexity index is 1690. The summed E-state index contributed by atoms with van der Waals surface area (Å²) in [5.41, 5.74) is 8.45. The molecular weight excluding hydrogens is 609 g/mol. The van der Waals surface area contributed by atoms with Gasteiger partial charge in [0.2, 0.25) is 0 Å². The highest BCUT2D eigenvalue weighted by atomic mass is 28.4. The van der Waals surface area contributed by atoms with Crippen LogP contribution in [0.4, 0.5) is 0 Å². The second-order valence-corrected chi connectivity index (χ2v) is 18.8. The Hall–Kier alpha value is -3.67. The molecule has 1 N–H and O–H groups in total. The number of hydrogen-bond donors (Lipinski definition) is 1. The van der Waals surface area contributed by atoms with Crippen molar-refractivity contribution in [3.8, 4) is 28.1 Å². The number of aromatic nitrogens is 2. The lowest BCUT2D eigenvalue weighted by Crippen LogP contribution is -2.57. The maximum atomic E-state index is 13.5. The van der Waals surface area contributed by atoms with E-state index in [4.69, 9.17) is 23.7 Å². The highest BCUT2D eigenvalue weighted by Crippen LogP contribution is 2.39. The highest BCUT2D eigenvalue weighted by molar-refractivity contribution is 6.74. The molecule has 47 heavy (non-hydrogen) atoms. The molecule has 2 aromatic carbocycles. The van der Waals surface area contributed by atoms with Gasteiger partial charge in [-0.05, 0) is 53.7 Å². The minimum Gasteiger partial charge on any atom is -0.494 e. The molecule has 248 valence electrons. The first kappa shape index (κ1) is 33.2. The van der Waals surface area contributed by atoms with E-state index in [-0.39, 0.29) is 5.04 Å². The molecule has 2 fully saturated rings. The molecule has 0 aliphatic carbocycles. The van der Waals surface area contributed by atoms with Crippen LogP contribution in [0.5, 0.6) is 5.75 Å². The van der Waals surface area contributed by atoms with Crippen molar-refractivity contribution in [3.05, 3.63) is 78.1 Å². The van der Waals surface area contributed by atoms with Crippen molar-refractivity contribution < 1.29 is 23.5 Å². The first-order valence-electron chi connectivity index (χ1n) is 16.5. The lowest BCUT2D eigenvalue weighted by molar-refractivity contribution is -0.186. The van der Waals surface area contributed by atoms with Crippen LogP contribution >= 0.6 is 0 Å². The quantitative estimate of drug-likeness (QED) is 0.140. The van der Waals surface area contributed by atoms with Gasteiger partial charge < -0.3 is 13.9 Å². The van der Waals surface area contributed by atoms with Crippen LogP contribution in [0.1, 0.15) is 56.0 Å². The Balaban J connectivity index is 1.15. The zero-order valence-electron chi connectivity index (χ0n) is 28.3. The molecule has 0 radical (unpaired) electrons. The molecule has 6 rings (SSSR count). The summed E-state index contributed by atoms with van der Waals surface area (Å²) in [6.45, 7) is 15.1. The molecule has 2 saturated heterocycles. The van der Waals surface area contributed by atoms with Crippen LogP contribution in [0, 0.1) is 0 Å². The van der Waals surface area contributed by atoms with Gasteiger partial charge in [-0.1, -0.05) is 69.3 Å². The molecule has 1 unspecified atom stereocenters. The van der Waals surface area contributed by atoms with Crippen molar-refractivity contribution in [2.45, 2.75) is 77.1 Å². The minimum absolute atomic E-state index is 0.232. The second-order valence-electron chi connectivity index (χ2n) is 14.1. The molecule has 1 amide bonds. The maximum absolute atomic E-state index is 13.5. The number of hydrogen-bond acceptors (Lipinski definition) is 8. The molecule has 0 bridgehead atoms. The predicted octanol–water partition coefficient (Wildman–Crippen LogP) is 7.37. The zero-order chi connectivity index (χ0) is 33.2. The van der Waals surface area contributed by atoms with Crippen molar-refractivity contribution >= 4 is 25.1 Å². The second kappa shape index (κ2) is 13.8. The van der Waals surface area contributed by atoms with Crippen LogP contribution in [0.2, 0.25) is 18.1 Å². The third-order valence-electron chi connectivity index (χ3n) is 9.64. The van der Waals surface area contributed by atoms with Gasteiger partial charge in [0.05, 0.1) is 24.3 Å². The summed E-state index contributed by atoms with van der Waals surface area (Å²) in [4.78, 5) is 30.7. The van der Waals surface area contributed by atoms with Crippen molar-refractivity contribution in [2.24, 2.45) is 0 Å². The first-order chi connectivity index (χ1) is 22.5. The smallest absolute Gasteiger partial charge is 0.279 e. The van der Waals surface area contributed by atoms with Crippen LogP contribution in [0.15, 0.2) is 67.0 Å². The summed E-state index contributed by atoms with van der Waals surface area (Å²) < 4.78 is 18.0. The standard InChI is InChI=1S/C37H46N4O5Si/c1-37(2,3)47(5,6)46-29-23-41(24-29)22-25-10-12-26(13-11-25)27-14-16-28(17-15-27)34-35(43-4)33(30-21-38-19-18-31(30)39-34)36(42)40-45-32-9-7-8-20-44-32/h10-19,21,29,32H,7-9,20,22-24H2,1-6H3,(H,40,42). The number of ether oxygens (including phenoxy) is 2. The number of fused-ring (bicyclic) bond motifs is 1. The molecule has 4 heterocycles. The number of likely N-dealkylation sites (tertiary alicyclic amines) is 1. The zero-order valence-corrected chi connectivity index (χ0v) is 29.3.